The van der Waals surface area contributed by atoms with E-state index in [2.05, 4.69) is 10.3 Å². The van der Waals surface area contributed by atoms with Crippen molar-refractivity contribution in [1.29, 1.82) is 0 Å². The highest BCUT2D eigenvalue weighted by molar-refractivity contribution is 6.02. The average Bonchev–Trinajstić information content (AvgIpc) is 2.80. The number of esters is 2. The molecule has 0 unspecified atom stereocenters. The molecule has 1 heterocycles. The number of aryl methyl sites for hydroxylation is 1. The number of aromatic nitrogens is 1. The lowest BCUT2D eigenvalue weighted by Gasteiger charge is -2.26. The highest BCUT2D eigenvalue weighted by Crippen LogP contribution is 2.21. The van der Waals surface area contributed by atoms with Gasteiger partial charge in [0.05, 0.1) is 18.8 Å². The lowest BCUT2D eigenvalue weighted by molar-refractivity contribution is -0.147. The van der Waals surface area contributed by atoms with Gasteiger partial charge in [-0.3, -0.25) is 4.79 Å². The molecular weight excluding hydrogens is 312 g/mol. The summed E-state index contributed by atoms with van der Waals surface area (Å²) in [7, 11) is 1.27. The van der Waals surface area contributed by atoms with E-state index >= 15 is 0 Å². The van der Waals surface area contributed by atoms with Crippen molar-refractivity contribution in [3.05, 3.63) is 22.5 Å². The van der Waals surface area contributed by atoms with Gasteiger partial charge in [-0.2, -0.15) is 0 Å². The average molecular weight is 338 g/mol. The van der Waals surface area contributed by atoms with Crippen LogP contribution in [0.3, 0.4) is 0 Å². The van der Waals surface area contributed by atoms with Crippen molar-refractivity contribution in [1.82, 2.24) is 10.3 Å². The summed E-state index contributed by atoms with van der Waals surface area (Å²) in [5.74, 6) is -1.49. The van der Waals surface area contributed by atoms with Crippen molar-refractivity contribution in [3.8, 4) is 0 Å². The molecule has 0 spiro atoms. The van der Waals surface area contributed by atoms with Crippen LogP contribution >= 0.6 is 0 Å². The number of amides is 1. The molecule has 0 saturated heterocycles. The van der Waals surface area contributed by atoms with Gasteiger partial charge in [-0.15, -0.1) is 0 Å². The molecule has 134 valence electrons. The minimum atomic E-state index is -1.14. The fraction of sp³-hybridized carbons (Fsp3) is 0.588. The summed E-state index contributed by atoms with van der Waals surface area (Å²) in [6.07, 6.45) is 0.109. The normalized spacial score (nSPS) is 13.3. The first kappa shape index (κ1) is 19.7. The number of rotatable bonds is 6. The van der Waals surface area contributed by atoms with Gasteiger partial charge in [0.2, 0.25) is 0 Å². The fourth-order valence-electron chi connectivity index (χ4n) is 2.38. The fourth-order valence-corrected chi connectivity index (χ4v) is 2.38. The van der Waals surface area contributed by atoms with Crippen LogP contribution in [0, 0.1) is 13.8 Å². The second-order valence-electron chi connectivity index (χ2n) is 6.21. The van der Waals surface area contributed by atoms with Crippen LogP contribution in [-0.2, 0) is 14.3 Å². The van der Waals surface area contributed by atoms with Gasteiger partial charge in [-0.05, 0) is 46.6 Å². The van der Waals surface area contributed by atoms with Crippen molar-refractivity contribution in [2.75, 3.05) is 7.11 Å². The van der Waals surface area contributed by atoms with Crippen LogP contribution in [0.4, 0.5) is 0 Å². The molecule has 2 N–H and O–H groups in total. The third-order valence-electron chi connectivity index (χ3n) is 3.94. The molecule has 0 radical (unpaired) electrons. The molecule has 1 amide bonds. The van der Waals surface area contributed by atoms with Gasteiger partial charge in [0, 0.05) is 5.69 Å². The molecule has 0 aromatic carbocycles. The predicted octanol–water partition coefficient (Wildman–Crippen LogP) is 2.27. The monoisotopic (exact) mass is 338 g/mol. The molecule has 24 heavy (non-hydrogen) atoms. The largest absolute Gasteiger partial charge is 0.467 e. The predicted molar refractivity (Wildman–Crippen MR) is 89.0 cm³/mol. The van der Waals surface area contributed by atoms with Crippen LogP contribution < -0.4 is 5.32 Å². The number of aromatic amines is 1. The Balaban J connectivity index is 3.13. The van der Waals surface area contributed by atoms with Crippen molar-refractivity contribution >= 4 is 17.8 Å². The maximum absolute atomic E-state index is 12.6. The molecule has 0 saturated carbocycles. The van der Waals surface area contributed by atoms with Gasteiger partial charge in [0.25, 0.3) is 5.91 Å². The molecule has 0 aliphatic rings. The van der Waals surface area contributed by atoms with E-state index in [9.17, 15) is 14.4 Å². The Hall–Kier alpha value is -2.31. The van der Waals surface area contributed by atoms with Gasteiger partial charge in [-0.1, -0.05) is 6.92 Å². The number of carbonyl (C=O) groups is 3. The molecule has 0 bridgehead atoms. The maximum Gasteiger partial charge on any atom is 0.340 e. The molecular formula is C17H26N2O5. The molecule has 1 aromatic rings. The summed E-state index contributed by atoms with van der Waals surface area (Å²) in [5, 5.41) is 2.67. The quantitative estimate of drug-likeness (QED) is 0.776. The summed E-state index contributed by atoms with van der Waals surface area (Å²) in [5.41, 5.74) is 0.450. The zero-order chi connectivity index (χ0) is 18.7. The van der Waals surface area contributed by atoms with E-state index in [0.29, 0.717) is 23.2 Å². The molecule has 7 nitrogen and oxygen atoms in total. The molecule has 1 rings (SSSR count). The molecule has 0 aliphatic heterocycles. The van der Waals surface area contributed by atoms with Gasteiger partial charge in [-0.25, -0.2) is 9.59 Å². The van der Waals surface area contributed by atoms with Gasteiger partial charge >= 0.3 is 11.9 Å². The summed E-state index contributed by atoms with van der Waals surface area (Å²) in [4.78, 5) is 39.6. The second kappa shape index (κ2) is 7.51. The van der Waals surface area contributed by atoms with E-state index in [4.69, 9.17) is 9.47 Å². The Morgan fingerprint density at radius 3 is 2.29 bits per heavy atom. The Kier molecular flexibility index (Phi) is 6.17. The summed E-state index contributed by atoms with van der Waals surface area (Å²) in [6, 6.07) is 0. The van der Waals surface area contributed by atoms with Crippen molar-refractivity contribution in [2.45, 2.75) is 59.6 Å². The van der Waals surface area contributed by atoms with E-state index in [1.165, 1.54) is 7.11 Å². The van der Waals surface area contributed by atoms with Crippen LogP contribution in [0.2, 0.25) is 0 Å². The van der Waals surface area contributed by atoms with Crippen LogP contribution in [0.25, 0.3) is 0 Å². The van der Waals surface area contributed by atoms with E-state index in [0.717, 1.165) is 0 Å². The highest BCUT2D eigenvalue weighted by Gasteiger charge is 2.35. The third kappa shape index (κ3) is 3.96. The van der Waals surface area contributed by atoms with E-state index in [-0.39, 0.29) is 11.8 Å². The standard InChI is InChI=1S/C17H26N2O5/c1-8-17(6,16(22)23-7)19-14(20)13-10(4)12(11(5)18-13)15(21)24-9(2)3/h9,18H,8H2,1-7H3,(H,19,20)/t17-/m0/s1. The van der Waals surface area contributed by atoms with E-state index in [1.54, 1.807) is 41.5 Å². The van der Waals surface area contributed by atoms with Gasteiger partial charge < -0.3 is 19.8 Å². The van der Waals surface area contributed by atoms with Gasteiger partial charge in [0.15, 0.2) is 0 Å². The second-order valence-corrected chi connectivity index (χ2v) is 6.21. The summed E-state index contributed by atoms with van der Waals surface area (Å²) in [6.45, 7) is 10.2. The number of methoxy groups -OCH3 is 1. The zero-order valence-corrected chi connectivity index (χ0v) is 15.3. The SMILES string of the molecule is CC[C@](C)(NC(=O)c1[nH]c(C)c(C(=O)OC(C)C)c1C)C(=O)OC. The van der Waals surface area contributed by atoms with Crippen LogP contribution in [0.15, 0.2) is 0 Å². The van der Waals surface area contributed by atoms with Crippen molar-refractivity contribution < 1.29 is 23.9 Å². The number of ether oxygens (including phenoxy) is 2. The molecule has 0 fully saturated rings. The Morgan fingerprint density at radius 1 is 1.25 bits per heavy atom. The van der Waals surface area contributed by atoms with Crippen LogP contribution in [0.5, 0.6) is 0 Å². The first-order chi connectivity index (χ1) is 11.1. The summed E-state index contributed by atoms with van der Waals surface area (Å²) < 4.78 is 9.95. The highest BCUT2D eigenvalue weighted by atomic mass is 16.5. The molecule has 7 heteroatoms. The van der Waals surface area contributed by atoms with Gasteiger partial charge in [0.1, 0.15) is 11.2 Å². The molecule has 1 atom stereocenters. The molecule has 0 aliphatic carbocycles. The number of nitrogens with one attached hydrogen (secondary N) is 2. The van der Waals surface area contributed by atoms with Crippen molar-refractivity contribution in [2.24, 2.45) is 0 Å². The molecule has 1 aromatic heterocycles. The number of carbonyl (C=O) groups excluding carboxylic acids is 3. The Morgan fingerprint density at radius 2 is 1.83 bits per heavy atom. The third-order valence-corrected chi connectivity index (χ3v) is 3.94. The summed E-state index contributed by atoms with van der Waals surface area (Å²) >= 11 is 0. The Labute approximate surface area is 142 Å². The van der Waals surface area contributed by atoms with E-state index < -0.39 is 23.4 Å². The number of hydrogen-bond acceptors (Lipinski definition) is 5. The van der Waals surface area contributed by atoms with Crippen LogP contribution in [-0.4, -0.2) is 41.6 Å². The minimum Gasteiger partial charge on any atom is -0.467 e. The maximum atomic E-state index is 12.6. The lowest BCUT2D eigenvalue weighted by Crippen LogP contribution is -2.52. The Bertz CT molecular complexity index is 648. The topological polar surface area (TPSA) is 97.5 Å². The van der Waals surface area contributed by atoms with Crippen molar-refractivity contribution in [3.63, 3.8) is 0 Å². The first-order valence-electron chi connectivity index (χ1n) is 7.88. The lowest BCUT2D eigenvalue weighted by atomic mass is 9.98. The van der Waals surface area contributed by atoms with Crippen LogP contribution in [0.1, 0.15) is 66.2 Å². The van der Waals surface area contributed by atoms with E-state index in [1.807, 2.05) is 0 Å². The smallest absolute Gasteiger partial charge is 0.340 e. The number of hydrogen-bond donors (Lipinski definition) is 2. The zero-order valence-electron chi connectivity index (χ0n) is 15.3. The minimum absolute atomic E-state index is 0.229. The first-order valence-corrected chi connectivity index (χ1v) is 7.88. The number of H-pyrrole nitrogens is 1.